The molecule has 2 aliphatic rings. The van der Waals surface area contributed by atoms with Gasteiger partial charge in [-0.3, -0.25) is 4.79 Å². The normalized spacial score (nSPS) is 15.4. The van der Waals surface area contributed by atoms with Gasteiger partial charge in [0.15, 0.2) is 0 Å². The van der Waals surface area contributed by atoms with Crippen LogP contribution in [-0.4, -0.2) is 38.5 Å². The molecule has 0 saturated heterocycles. The third-order valence-electron chi connectivity index (χ3n) is 5.46. The Labute approximate surface area is 181 Å². The van der Waals surface area contributed by atoms with E-state index < -0.39 is 12.4 Å². The summed E-state index contributed by atoms with van der Waals surface area (Å²) in [5, 5.41) is 0. The highest BCUT2D eigenvalue weighted by atomic mass is 19.3. The number of ether oxygens (including phenoxy) is 2. The molecular formula is C22H19F3N4O3. The SMILES string of the molecule is Cc1nc2n(c1-c1ccc(Oc3ccc(OC(F)F)cn3)cc1F)CN(CC1CC1)C2=O. The van der Waals surface area contributed by atoms with Gasteiger partial charge in [0.05, 0.1) is 24.3 Å². The van der Waals surface area contributed by atoms with Crippen molar-refractivity contribution < 1.29 is 27.4 Å². The number of halogens is 3. The van der Waals surface area contributed by atoms with E-state index in [0.717, 1.165) is 19.0 Å². The molecular weight excluding hydrogens is 425 g/mol. The zero-order valence-electron chi connectivity index (χ0n) is 17.1. The van der Waals surface area contributed by atoms with Gasteiger partial charge in [-0.05, 0) is 43.9 Å². The monoisotopic (exact) mass is 444 g/mol. The number of amides is 1. The summed E-state index contributed by atoms with van der Waals surface area (Å²) < 4.78 is 51.0. The number of benzene rings is 1. The van der Waals surface area contributed by atoms with E-state index in [9.17, 15) is 13.6 Å². The standard InChI is InChI=1S/C22H19F3N4O3/c1-12-19(29-11-28(10-13-2-3-13)21(30)20(29)27-12)16-6-4-14(8-17(16)23)31-18-7-5-15(9-26-18)32-22(24)25/h4-9,13,22H,2-3,10-11H2,1H3. The van der Waals surface area contributed by atoms with Gasteiger partial charge >= 0.3 is 6.61 Å². The highest BCUT2D eigenvalue weighted by molar-refractivity contribution is 5.94. The van der Waals surface area contributed by atoms with E-state index in [0.29, 0.717) is 41.9 Å². The van der Waals surface area contributed by atoms with E-state index in [2.05, 4.69) is 14.7 Å². The van der Waals surface area contributed by atoms with Crippen LogP contribution in [0.4, 0.5) is 13.2 Å². The lowest BCUT2D eigenvalue weighted by Crippen LogP contribution is -2.27. The van der Waals surface area contributed by atoms with Gasteiger partial charge in [0.1, 0.15) is 17.3 Å². The number of rotatable bonds is 7. The van der Waals surface area contributed by atoms with E-state index in [-0.39, 0.29) is 23.3 Å². The van der Waals surface area contributed by atoms with Crippen LogP contribution in [0.1, 0.15) is 29.2 Å². The number of imidazole rings is 1. The molecule has 5 rings (SSSR count). The van der Waals surface area contributed by atoms with Crippen molar-refractivity contribution in [2.75, 3.05) is 6.54 Å². The summed E-state index contributed by atoms with van der Waals surface area (Å²) in [5.74, 6) is 0.382. The zero-order valence-corrected chi connectivity index (χ0v) is 17.1. The molecule has 1 amide bonds. The average Bonchev–Trinajstić information content (AvgIpc) is 3.44. The van der Waals surface area contributed by atoms with Crippen molar-refractivity contribution in [3.8, 4) is 28.6 Å². The predicted molar refractivity (Wildman–Crippen MR) is 107 cm³/mol. The second-order valence-corrected chi connectivity index (χ2v) is 7.86. The minimum Gasteiger partial charge on any atom is -0.439 e. The maximum absolute atomic E-state index is 15.0. The maximum Gasteiger partial charge on any atom is 0.387 e. The van der Waals surface area contributed by atoms with Crippen molar-refractivity contribution in [3.63, 3.8) is 0 Å². The van der Waals surface area contributed by atoms with Crippen molar-refractivity contribution in [2.24, 2.45) is 5.92 Å². The number of pyridine rings is 1. The number of carbonyl (C=O) groups excluding carboxylic acids is 1. The lowest BCUT2D eigenvalue weighted by Gasteiger charge is -2.16. The summed E-state index contributed by atoms with van der Waals surface area (Å²) in [7, 11) is 0. The smallest absolute Gasteiger partial charge is 0.387 e. The molecule has 3 heterocycles. The molecule has 0 unspecified atom stereocenters. The van der Waals surface area contributed by atoms with Gasteiger partial charge in [-0.2, -0.15) is 8.78 Å². The van der Waals surface area contributed by atoms with Crippen LogP contribution >= 0.6 is 0 Å². The van der Waals surface area contributed by atoms with Gasteiger partial charge < -0.3 is 18.9 Å². The van der Waals surface area contributed by atoms with Crippen LogP contribution in [0.2, 0.25) is 0 Å². The summed E-state index contributed by atoms with van der Waals surface area (Å²) in [5.41, 5.74) is 1.44. The molecule has 0 bridgehead atoms. The van der Waals surface area contributed by atoms with Gasteiger partial charge in [-0.1, -0.05) is 0 Å². The number of aromatic nitrogens is 3. The van der Waals surface area contributed by atoms with Crippen LogP contribution in [0.5, 0.6) is 17.4 Å². The molecule has 0 radical (unpaired) electrons. The van der Waals surface area contributed by atoms with Crippen molar-refractivity contribution >= 4 is 5.91 Å². The first-order valence-electron chi connectivity index (χ1n) is 10.1. The van der Waals surface area contributed by atoms with Crippen LogP contribution in [0.25, 0.3) is 11.3 Å². The molecule has 1 aromatic carbocycles. The number of aryl methyl sites for hydroxylation is 1. The Morgan fingerprint density at radius 1 is 1.19 bits per heavy atom. The summed E-state index contributed by atoms with van der Waals surface area (Å²) in [6.45, 7) is -0.148. The minimum absolute atomic E-state index is 0.0986. The molecule has 10 heteroatoms. The summed E-state index contributed by atoms with van der Waals surface area (Å²) in [6, 6.07) is 6.96. The number of hydrogen-bond acceptors (Lipinski definition) is 5. The third kappa shape index (κ3) is 3.88. The fourth-order valence-electron chi connectivity index (χ4n) is 3.82. The lowest BCUT2D eigenvalue weighted by molar-refractivity contribution is -0.0501. The maximum atomic E-state index is 15.0. The van der Waals surface area contributed by atoms with E-state index >= 15 is 4.39 Å². The molecule has 0 N–H and O–H groups in total. The predicted octanol–water partition coefficient (Wildman–Crippen LogP) is 4.61. The second kappa shape index (κ2) is 7.85. The molecule has 166 valence electrons. The van der Waals surface area contributed by atoms with Gasteiger partial charge in [0.2, 0.25) is 11.7 Å². The van der Waals surface area contributed by atoms with E-state index in [1.165, 1.54) is 18.2 Å². The number of carbonyl (C=O) groups is 1. The Bertz CT molecular complexity index is 1180. The Morgan fingerprint density at radius 2 is 1.97 bits per heavy atom. The van der Waals surface area contributed by atoms with Crippen molar-refractivity contribution in [1.82, 2.24) is 19.4 Å². The van der Waals surface area contributed by atoms with Gasteiger partial charge in [0.25, 0.3) is 5.91 Å². The van der Waals surface area contributed by atoms with Crippen LogP contribution < -0.4 is 9.47 Å². The Hall–Kier alpha value is -3.56. The summed E-state index contributed by atoms with van der Waals surface area (Å²) in [6.07, 6.45) is 3.35. The molecule has 7 nitrogen and oxygen atoms in total. The average molecular weight is 444 g/mol. The van der Waals surface area contributed by atoms with E-state index in [4.69, 9.17) is 4.74 Å². The van der Waals surface area contributed by atoms with Crippen LogP contribution in [0.3, 0.4) is 0 Å². The van der Waals surface area contributed by atoms with Crippen molar-refractivity contribution in [2.45, 2.75) is 33.0 Å². The molecule has 1 aliphatic heterocycles. The van der Waals surface area contributed by atoms with Crippen LogP contribution in [-0.2, 0) is 6.67 Å². The largest absolute Gasteiger partial charge is 0.439 e. The molecule has 2 aromatic heterocycles. The number of fused-ring (bicyclic) bond motifs is 1. The zero-order chi connectivity index (χ0) is 22.4. The Kier molecular flexibility index (Phi) is 4.99. The molecule has 1 saturated carbocycles. The molecule has 1 fully saturated rings. The van der Waals surface area contributed by atoms with Gasteiger partial charge in [-0.15, -0.1) is 0 Å². The van der Waals surface area contributed by atoms with Gasteiger partial charge in [0, 0.05) is 24.2 Å². The van der Waals surface area contributed by atoms with Crippen molar-refractivity contribution in [1.29, 1.82) is 0 Å². The number of nitrogens with zero attached hydrogens (tertiary/aromatic N) is 4. The summed E-state index contributed by atoms with van der Waals surface area (Å²) >= 11 is 0. The number of alkyl halides is 2. The molecule has 0 atom stereocenters. The molecule has 1 aliphatic carbocycles. The fourth-order valence-corrected chi connectivity index (χ4v) is 3.82. The highest BCUT2D eigenvalue weighted by Crippen LogP contribution is 2.36. The van der Waals surface area contributed by atoms with Gasteiger partial charge in [-0.25, -0.2) is 14.4 Å². The first-order chi connectivity index (χ1) is 15.4. The summed E-state index contributed by atoms with van der Waals surface area (Å²) in [4.78, 5) is 22.7. The Balaban J connectivity index is 1.36. The highest BCUT2D eigenvalue weighted by Gasteiger charge is 2.36. The molecule has 32 heavy (non-hydrogen) atoms. The first-order valence-corrected chi connectivity index (χ1v) is 10.1. The third-order valence-corrected chi connectivity index (χ3v) is 5.46. The lowest BCUT2D eigenvalue weighted by atomic mass is 10.1. The van der Waals surface area contributed by atoms with Crippen LogP contribution in [0, 0.1) is 18.7 Å². The first kappa shape index (κ1) is 20.3. The molecule has 3 aromatic rings. The minimum atomic E-state index is -2.95. The Morgan fingerprint density at radius 3 is 2.62 bits per heavy atom. The molecule has 0 spiro atoms. The van der Waals surface area contributed by atoms with Crippen molar-refractivity contribution in [3.05, 3.63) is 53.9 Å². The van der Waals surface area contributed by atoms with E-state index in [1.807, 2.05) is 0 Å². The number of hydrogen-bond donors (Lipinski definition) is 0. The second-order valence-electron chi connectivity index (χ2n) is 7.86. The van der Waals surface area contributed by atoms with Crippen LogP contribution in [0.15, 0.2) is 36.5 Å². The quantitative estimate of drug-likeness (QED) is 0.532. The fraction of sp³-hybridized carbons (Fsp3) is 0.318. The van der Waals surface area contributed by atoms with E-state index in [1.54, 1.807) is 28.5 Å². The topological polar surface area (TPSA) is 69.5 Å².